The Labute approximate surface area is 126 Å². The highest BCUT2D eigenvalue weighted by Gasteiger charge is 2.23. The maximum atomic E-state index is 12.6. The number of ether oxygens (including phenoxy) is 2. The highest BCUT2D eigenvalue weighted by atomic mass is 32.2. The number of nitrogens with zero attached hydrogens (tertiary/aromatic N) is 1. The van der Waals surface area contributed by atoms with Crippen molar-refractivity contribution >= 4 is 10.0 Å². The summed E-state index contributed by atoms with van der Waals surface area (Å²) in [6.07, 6.45) is 0. The average Bonchev–Trinajstić information content (AvgIpc) is 2.47. The zero-order valence-corrected chi connectivity index (χ0v) is 13.6. The number of benzene rings is 1. The summed E-state index contributed by atoms with van der Waals surface area (Å²) in [5.74, 6) is 0. The van der Waals surface area contributed by atoms with Gasteiger partial charge in [0.25, 0.3) is 0 Å². The highest BCUT2D eigenvalue weighted by molar-refractivity contribution is 7.89. The van der Waals surface area contributed by atoms with Crippen LogP contribution in [0.25, 0.3) is 0 Å². The molecule has 0 fully saturated rings. The summed E-state index contributed by atoms with van der Waals surface area (Å²) < 4.78 is 36.5. The fourth-order valence-corrected chi connectivity index (χ4v) is 3.24. The molecule has 120 valence electrons. The van der Waals surface area contributed by atoms with Gasteiger partial charge in [0.2, 0.25) is 10.0 Å². The van der Waals surface area contributed by atoms with Crippen molar-refractivity contribution in [2.24, 2.45) is 5.73 Å². The molecule has 0 aromatic heterocycles. The van der Waals surface area contributed by atoms with Gasteiger partial charge in [-0.1, -0.05) is 12.1 Å². The lowest BCUT2D eigenvalue weighted by molar-refractivity contribution is 0.150. The van der Waals surface area contributed by atoms with Crippen molar-refractivity contribution in [1.29, 1.82) is 0 Å². The number of rotatable bonds is 9. The van der Waals surface area contributed by atoms with Crippen molar-refractivity contribution in [2.45, 2.75) is 17.9 Å². The smallest absolute Gasteiger partial charge is 0.243 e. The van der Waals surface area contributed by atoms with E-state index in [1.807, 2.05) is 6.92 Å². The Morgan fingerprint density at radius 2 is 1.57 bits per heavy atom. The van der Waals surface area contributed by atoms with Crippen LogP contribution in [0.2, 0.25) is 0 Å². The first-order valence-electron chi connectivity index (χ1n) is 6.77. The van der Waals surface area contributed by atoms with Crippen LogP contribution in [0.15, 0.2) is 29.2 Å². The fourth-order valence-electron chi connectivity index (χ4n) is 1.83. The second-order valence-corrected chi connectivity index (χ2v) is 6.69. The first kappa shape index (κ1) is 18.1. The first-order valence-corrected chi connectivity index (χ1v) is 8.21. The molecule has 2 N–H and O–H groups in total. The Morgan fingerprint density at radius 1 is 1.10 bits per heavy atom. The number of sulfonamides is 1. The third-order valence-electron chi connectivity index (χ3n) is 3.13. The van der Waals surface area contributed by atoms with Crippen LogP contribution in [0.3, 0.4) is 0 Å². The molecule has 0 aliphatic rings. The molecule has 1 rings (SSSR count). The van der Waals surface area contributed by atoms with Crippen LogP contribution in [0.5, 0.6) is 0 Å². The maximum Gasteiger partial charge on any atom is 0.243 e. The summed E-state index contributed by atoms with van der Waals surface area (Å²) >= 11 is 0. The van der Waals surface area contributed by atoms with Crippen molar-refractivity contribution in [2.75, 3.05) is 40.5 Å². The number of hydrogen-bond donors (Lipinski definition) is 1. The van der Waals surface area contributed by atoms with E-state index < -0.39 is 10.0 Å². The maximum absolute atomic E-state index is 12.6. The zero-order chi connectivity index (χ0) is 15.9. The van der Waals surface area contributed by atoms with Gasteiger partial charge in [-0.3, -0.25) is 0 Å². The van der Waals surface area contributed by atoms with E-state index in [0.717, 1.165) is 5.56 Å². The van der Waals surface area contributed by atoms with E-state index in [0.29, 0.717) is 13.2 Å². The highest BCUT2D eigenvalue weighted by Crippen LogP contribution is 2.18. The second-order valence-electron chi connectivity index (χ2n) is 4.75. The molecule has 7 heteroatoms. The van der Waals surface area contributed by atoms with E-state index in [4.69, 9.17) is 15.2 Å². The van der Waals surface area contributed by atoms with Crippen LogP contribution in [0, 0.1) is 0 Å². The minimum atomic E-state index is -3.56. The van der Waals surface area contributed by atoms with Crippen LogP contribution < -0.4 is 5.73 Å². The number of hydrogen-bond acceptors (Lipinski definition) is 5. The van der Waals surface area contributed by atoms with E-state index in [2.05, 4.69) is 0 Å². The molecule has 0 aliphatic carbocycles. The quantitative estimate of drug-likeness (QED) is 0.735. The van der Waals surface area contributed by atoms with Crippen molar-refractivity contribution in [3.63, 3.8) is 0 Å². The summed E-state index contributed by atoms with van der Waals surface area (Å²) in [7, 11) is -0.475. The van der Waals surface area contributed by atoms with E-state index in [9.17, 15) is 8.42 Å². The number of methoxy groups -OCH3 is 2. The first-order chi connectivity index (χ1) is 9.93. The largest absolute Gasteiger partial charge is 0.383 e. The molecule has 21 heavy (non-hydrogen) atoms. The molecule has 0 amide bonds. The molecular weight excluding hydrogens is 292 g/mol. The predicted molar refractivity (Wildman–Crippen MR) is 81.6 cm³/mol. The molecule has 0 spiro atoms. The molecule has 0 saturated heterocycles. The standard InChI is InChI=1S/C14H24N2O4S/c1-12(15)13-4-6-14(7-5-13)21(17,18)16(8-10-19-2)9-11-20-3/h4-7,12H,8-11,15H2,1-3H3. The van der Waals surface area contributed by atoms with E-state index in [-0.39, 0.29) is 24.0 Å². The lowest BCUT2D eigenvalue weighted by Gasteiger charge is -2.21. The SMILES string of the molecule is COCCN(CCOC)S(=O)(=O)c1ccc(C(C)N)cc1. The van der Waals surface area contributed by atoms with Crippen molar-refractivity contribution in [3.05, 3.63) is 29.8 Å². The van der Waals surface area contributed by atoms with Crippen LogP contribution in [0.4, 0.5) is 0 Å². The summed E-state index contributed by atoms with van der Waals surface area (Å²) in [6.45, 7) is 3.10. The van der Waals surface area contributed by atoms with Gasteiger partial charge in [0.15, 0.2) is 0 Å². The summed E-state index contributed by atoms with van der Waals surface area (Å²) in [5, 5.41) is 0. The van der Waals surface area contributed by atoms with Gasteiger partial charge >= 0.3 is 0 Å². The van der Waals surface area contributed by atoms with Crippen LogP contribution >= 0.6 is 0 Å². The summed E-state index contributed by atoms with van der Waals surface area (Å²) in [5.41, 5.74) is 6.67. The van der Waals surface area contributed by atoms with Gasteiger partial charge in [0.05, 0.1) is 18.1 Å². The third-order valence-corrected chi connectivity index (χ3v) is 5.05. The van der Waals surface area contributed by atoms with Crippen molar-refractivity contribution in [1.82, 2.24) is 4.31 Å². The molecule has 1 aromatic rings. The molecule has 0 radical (unpaired) electrons. The molecule has 1 aromatic carbocycles. The summed E-state index contributed by atoms with van der Waals surface area (Å²) in [6, 6.07) is 6.52. The Hall–Kier alpha value is -0.990. The van der Waals surface area contributed by atoms with Gasteiger partial charge in [0, 0.05) is 33.4 Å². The zero-order valence-electron chi connectivity index (χ0n) is 12.8. The molecule has 6 nitrogen and oxygen atoms in total. The Kier molecular flexibility index (Phi) is 7.27. The normalized spacial score (nSPS) is 13.6. The number of nitrogens with two attached hydrogens (primary N) is 1. The molecule has 0 bridgehead atoms. The van der Waals surface area contributed by atoms with Gasteiger partial charge < -0.3 is 15.2 Å². The molecule has 0 saturated carbocycles. The van der Waals surface area contributed by atoms with Gasteiger partial charge in [-0.15, -0.1) is 0 Å². The molecule has 0 aliphatic heterocycles. The van der Waals surface area contributed by atoms with Crippen LogP contribution in [-0.4, -0.2) is 53.2 Å². The molecule has 1 unspecified atom stereocenters. The van der Waals surface area contributed by atoms with E-state index >= 15 is 0 Å². The predicted octanol–water partition coefficient (Wildman–Crippen LogP) is 0.990. The minimum absolute atomic E-state index is 0.125. The van der Waals surface area contributed by atoms with Gasteiger partial charge in [-0.2, -0.15) is 4.31 Å². The van der Waals surface area contributed by atoms with Gasteiger partial charge in [-0.05, 0) is 24.6 Å². The molecule has 1 atom stereocenters. The van der Waals surface area contributed by atoms with Gasteiger partial charge in [-0.25, -0.2) is 8.42 Å². The van der Waals surface area contributed by atoms with Crippen LogP contribution in [-0.2, 0) is 19.5 Å². The lowest BCUT2D eigenvalue weighted by atomic mass is 10.1. The Morgan fingerprint density at radius 3 is 1.95 bits per heavy atom. The topological polar surface area (TPSA) is 81.9 Å². The Balaban J connectivity index is 2.97. The molecule has 0 heterocycles. The van der Waals surface area contributed by atoms with E-state index in [1.165, 1.54) is 4.31 Å². The minimum Gasteiger partial charge on any atom is -0.383 e. The fraction of sp³-hybridized carbons (Fsp3) is 0.571. The van der Waals surface area contributed by atoms with Crippen molar-refractivity contribution in [3.8, 4) is 0 Å². The van der Waals surface area contributed by atoms with Crippen LogP contribution in [0.1, 0.15) is 18.5 Å². The third kappa shape index (κ3) is 5.05. The average molecular weight is 316 g/mol. The molecular formula is C14H24N2O4S. The van der Waals surface area contributed by atoms with Crippen molar-refractivity contribution < 1.29 is 17.9 Å². The lowest BCUT2D eigenvalue weighted by Crippen LogP contribution is -2.36. The summed E-state index contributed by atoms with van der Waals surface area (Å²) in [4.78, 5) is 0.249. The second kappa shape index (κ2) is 8.45. The monoisotopic (exact) mass is 316 g/mol. The van der Waals surface area contributed by atoms with E-state index in [1.54, 1.807) is 38.5 Å². The Bertz CT molecular complexity index is 506. The van der Waals surface area contributed by atoms with Gasteiger partial charge in [0.1, 0.15) is 0 Å².